The zero-order valence-corrected chi connectivity index (χ0v) is 13.1. The van der Waals surface area contributed by atoms with Crippen molar-refractivity contribution in [3.63, 3.8) is 0 Å². The third-order valence-corrected chi connectivity index (χ3v) is 5.59. The van der Waals surface area contributed by atoms with Crippen LogP contribution >= 0.6 is 34.5 Å². The van der Waals surface area contributed by atoms with E-state index in [4.69, 9.17) is 23.2 Å². The van der Waals surface area contributed by atoms with Crippen molar-refractivity contribution in [3.8, 4) is 0 Å². The molecule has 2 aromatic rings. The Kier molecular flexibility index (Phi) is 4.79. The third kappa shape index (κ3) is 3.45. The van der Waals surface area contributed by atoms with Gasteiger partial charge in [-0.2, -0.15) is 0 Å². The van der Waals surface area contributed by atoms with Crippen LogP contribution in [0.3, 0.4) is 0 Å². The van der Waals surface area contributed by atoms with Crippen LogP contribution < -0.4 is 0 Å². The molecule has 100 valence electrons. The van der Waals surface area contributed by atoms with Gasteiger partial charge in [0.25, 0.3) is 0 Å². The molecule has 0 aliphatic carbocycles. The van der Waals surface area contributed by atoms with E-state index in [1.165, 1.54) is 11.3 Å². The zero-order valence-electron chi connectivity index (χ0n) is 9.93. The van der Waals surface area contributed by atoms with Gasteiger partial charge in [-0.05, 0) is 37.3 Å². The van der Waals surface area contributed by atoms with Gasteiger partial charge in [-0.3, -0.25) is 9.00 Å². The van der Waals surface area contributed by atoms with Crippen LogP contribution in [0.5, 0.6) is 0 Å². The lowest BCUT2D eigenvalue weighted by molar-refractivity contribution is 0.0996. The lowest BCUT2D eigenvalue weighted by Crippen LogP contribution is -2.22. The number of hydrogen-bond acceptors (Lipinski definition) is 3. The van der Waals surface area contributed by atoms with Gasteiger partial charge in [-0.15, -0.1) is 11.3 Å². The van der Waals surface area contributed by atoms with Crippen molar-refractivity contribution in [1.82, 2.24) is 0 Å². The Morgan fingerprint density at radius 3 is 2.58 bits per heavy atom. The SMILES string of the molecule is CC(C(=O)c1ccc(Cl)s1)S(=O)c1cccc(Cl)c1. The number of halogens is 2. The lowest BCUT2D eigenvalue weighted by Gasteiger charge is -2.09. The Bertz CT molecular complexity index is 637. The standard InChI is InChI=1S/C13H10Cl2O2S2/c1-8(13(16)11-5-6-12(15)18-11)19(17)10-4-2-3-9(14)7-10/h2-8H,1H3. The van der Waals surface area contributed by atoms with Crippen molar-refractivity contribution in [3.05, 3.63) is 50.6 Å². The summed E-state index contributed by atoms with van der Waals surface area (Å²) >= 11 is 12.9. The molecule has 0 N–H and O–H groups in total. The lowest BCUT2D eigenvalue weighted by atomic mass is 10.2. The summed E-state index contributed by atoms with van der Waals surface area (Å²) in [5, 5.41) is -0.127. The second-order valence-corrected chi connectivity index (χ2v) is 7.79. The molecule has 0 amide bonds. The number of ketones is 1. The first-order chi connectivity index (χ1) is 8.99. The molecule has 0 radical (unpaired) electrons. The van der Waals surface area contributed by atoms with Crippen molar-refractivity contribution >= 4 is 51.1 Å². The molecule has 0 spiro atoms. The fourth-order valence-electron chi connectivity index (χ4n) is 1.54. The van der Waals surface area contributed by atoms with Gasteiger partial charge in [0.15, 0.2) is 5.78 Å². The van der Waals surface area contributed by atoms with Gasteiger partial charge in [0.1, 0.15) is 5.25 Å². The molecule has 0 aliphatic heterocycles. The minimum absolute atomic E-state index is 0.171. The molecule has 0 bridgehead atoms. The van der Waals surface area contributed by atoms with Crippen LogP contribution in [0.25, 0.3) is 0 Å². The summed E-state index contributed by atoms with van der Waals surface area (Å²) in [6, 6.07) is 10.0. The number of hydrogen-bond donors (Lipinski definition) is 0. The summed E-state index contributed by atoms with van der Waals surface area (Å²) in [6.45, 7) is 1.65. The van der Waals surface area contributed by atoms with Crippen LogP contribution in [0.2, 0.25) is 9.36 Å². The van der Waals surface area contributed by atoms with E-state index in [2.05, 4.69) is 0 Å². The minimum Gasteiger partial charge on any atom is -0.292 e. The van der Waals surface area contributed by atoms with E-state index in [0.717, 1.165) is 0 Å². The Morgan fingerprint density at radius 1 is 1.26 bits per heavy atom. The highest BCUT2D eigenvalue weighted by atomic mass is 35.5. The maximum absolute atomic E-state index is 12.3. The van der Waals surface area contributed by atoms with Gasteiger partial charge in [-0.1, -0.05) is 29.3 Å². The summed E-state index contributed by atoms with van der Waals surface area (Å²) in [5.41, 5.74) is 0. The molecule has 19 heavy (non-hydrogen) atoms. The van der Waals surface area contributed by atoms with E-state index in [1.807, 2.05) is 0 Å². The molecule has 0 saturated heterocycles. The molecular formula is C13H10Cl2O2S2. The van der Waals surface area contributed by atoms with Gasteiger partial charge in [0, 0.05) is 9.92 Å². The average Bonchev–Trinajstić information content (AvgIpc) is 2.83. The van der Waals surface area contributed by atoms with Gasteiger partial charge >= 0.3 is 0 Å². The van der Waals surface area contributed by atoms with E-state index in [0.29, 0.717) is 19.1 Å². The van der Waals surface area contributed by atoms with Crippen LogP contribution in [-0.4, -0.2) is 15.2 Å². The second-order valence-electron chi connectivity index (χ2n) is 3.87. The van der Waals surface area contributed by atoms with E-state index in [1.54, 1.807) is 43.3 Å². The first kappa shape index (κ1) is 14.7. The molecule has 1 heterocycles. The van der Waals surface area contributed by atoms with Crippen molar-refractivity contribution < 1.29 is 9.00 Å². The van der Waals surface area contributed by atoms with Crippen molar-refractivity contribution in [2.75, 3.05) is 0 Å². The Labute approximate surface area is 127 Å². The van der Waals surface area contributed by atoms with Crippen LogP contribution in [0, 0.1) is 0 Å². The zero-order chi connectivity index (χ0) is 14.0. The highest BCUT2D eigenvalue weighted by Gasteiger charge is 2.24. The Morgan fingerprint density at radius 2 is 2.00 bits per heavy atom. The molecule has 2 rings (SSSR count). The van der Waals surface area contributed by atoms with Crippen molar-refractivity contribution in [1.29, 1.82) is 0 Å². The van der Waals surface area contributed by atoms with Gasteiger partial charge in [0.2, 0.25) is 0 Å². The molecule has 2 atom stereocenters. The monoisotopic (exact) mass is 332 g/mol. The topological polar surface area (TPSA) is 34.1 Å². The van der Waals surface area contributed by atoms with Crippen LogP contribution in [0.1, 0.15) is 16.6 Å². The molecular weight excluding hydrogens is 323 g/mol. The number of Topliss-reactive ketones (excluding diaryl/α,β-unsaturated/α-hetero) is 1. The quantitative estimate of drug-likeness (QED) is 0.776. The second kappa shape index (κ2) is 6.18. The van der Waals surface area contributed by atoms with Gasteiger partial charge in [0.05, 0.1) is 20.0 Å². The fourth-order valence-corrected chi connectivity index (χ4v) is 4.13. The number of rotatable bonds is 4. The summed E-state index contributed by atoms with van der Waals surface area (Å²) in [6.07, 6.45) is 0. The summed E-state index contributed by atoms with van der Waals surface area (Å²) in [4.78, 5) is 13.3. The van der Waals surface area contributed by atoms with E-state index in [9.17, 15) is 9.00 Å². The number of thiophene rings is 1. The molecule has 0 aliphatic rings. The number of benzene rings is 1. The highest BCUT2D eigenvalue weighted by molar-refractivity contribution is 7.86. The third-order valence-electron chi connectivity index (χ3n) is 2.53. The summed E-state index contributed by atoms with van der Waals surface area (Å²) in [5.74, 6) is -0.171. The van der Waals surface area contributed by atoms with Crippen LogP contribution in [0.4, 0.5) is 0 Å². The molecule has 1 aromatic heterocycles. The molecule has 1 aromatic carbocycles. The smallest absolute Gasteiger partial charge is 0.188 e. The molecule has 2 unspecified atom stereocenters. The largest absolute Gasteiger partial charge is 0.292 e. The predicted octanol–water partition coefficient (Wildman–Crippen LogP) is 4.43. The summed E-state index contributed by atoms with van der Waals surface area (Å²) in [7, 11) is -1.43. The average molecular weight is 333 g/mol. The Balaban J connectivity index is 2.22. The van der Waals surface area contributed by atoms with Gasteiger partial charge < -0.3 is 0 Å². The predicted molar refractivity (Wildman–Crippen MR) is 81.0 cm³/mol. The summed E-state index contributed by atoms with van der Waals surface area (Å²) < 4.78 is 12.9. The maximum atomic E-state index is 12.3. The van der Waals surface area contributed by atoms with E-state index in [-0.39, 0.29) is 5.78 Å². The molecule has 0 saturated carbocycles. The Hall–Kier alpha value is -0.680. The fraction of sp³-hybridized carbons (Fsp3) is 0.154. The van der Waals surface area contributed by atoms with Gasteiger partial charge in [-0.25, -0.2) is 0 Å². The molecule has 6 heteroatoms. The number of carbonyl (C=O) groups is 1. The molecule has 0 fully saturated rings. The number of carbonyl (C=O) groups excluding carboxylic acids is 1. The van der Waals surface area contributed by atoms with E-state index < -0.39 is 16.0 Å². The first-order valence-electron chi connectivity index (χ1n) is 5.44. The molecule has 2 nitrogen and oxygen atoms in total. The minimum atomic E-state index is -1.43. The van der Waals surface area contributed by atoms with Crippen molar-refractivity contribution in [2.24, 2.45) is 0 Å². The first-order valence-corrected chi connectivity index (χ1v) is 8.23. The van der Waals surface area contributed by atoms with Crippen molar-refractivity contribution in [2.45, 2.75) is 17.1 Å². The van der Waals surface area contributed by atoms with E-state index >= 15 is 0 Å². The van der Waals surface area contributed by atoms with Crippen LogP contribution in [0.15, 0.2) is 41.3 Å². The highest BCUT2D eigenvalue weighted by Crippen LogP contribution is 2.25. The van der Waals surface area contributed by atoms with Crippen LogP contribution in [-0.2, 0) is 10.8 Å². The normalized spacial score (nSPS) is 14.1. The maximum Gasteiger partial charge on any atom is 0.188 e.